The monoisotopic (exact) mass is 834 g/mol. The van der Waals surface area contributed by atoms with Gasteiger partial charge in [-0.05, 0) is 51.4 Å². The van der Waals surface area contributed by atoms with Gasteiger partial charge in [-0.15, -0.1) is 0 Å². The average Bonchev–Trinajstić information content (AvgIpc) is 3.23. The Kier molecular flexibility index (Phi) is 37.6. The van der Waals surface area contributed by atoms with Crippen LogP contribution < -0.4 is 5.32 Å². The molecule has 1 rings (SSSR count). The topological polar surface area (TPSA) is 149 Å². The first-order valence-electron chi connectivity index (χ1n) is 24.4. The van der Waals surface area contributed by atoms with Gasteiger partial charge >= 0.3 is 0 Å². The summed E-state index contributed by atoms with van der Waals surface area (Å²) in [6.07, 6.45) is 44.4. The Hall–Kier alpha value is -1.85. The van der Waals surface area contributed by atoms with Crippen molar-refractivity contribution in [2.24, 2.45) is 0 Å². The quantitative estimate of drug-likeness (QED) is 0.0264. The first-order chi connectivity index (χ1) is 28.8. The Morgan fingerprint density at radius 1 is 0.593 bits per heavy atom. The molecule has 0 aromatic heterocycles. The lowest BCUT2D eigenvalue weighted by atomic mass is 9.99. The first-order valence-corrected chi connectivity index (χ1v) is 24.4. The Morgan fingerprint density at radius 2 is 1.05 bits per heavy atom. The molecule has 1 amide bonds. The van der Waals surface area contributed by atoms with E-state index in [1.54, 1.807) is 6.08 Å². The highest BCUT2D eigenvalue weighted by molar-refractivity contribution is 5.76. The molecule has 0 bridgehead atoms. The zero-order valence-electron chi connectivity index (χ0n) is 37.7. The smallest absolute Gasteiger partial charge is 0.220 e. The van der Waals surface area contributed by atoms with Gasteiger partial charge in [-0.25, -0.2) is 0 Å². The minimum Gasteiger partial charge on any atom is -0.394 e. The fourth-order valence-corrected chi connectivity index (χ4v) is 7.52. The number of aliphatic hydroxyl groups excluding tert-OH is 5. The van der Waals surface area contributed by atoms with Crippen LogP contribution >= 0.6 is 0 Å². The van der Waals surface area contributed by atoms with E-state index >= 15 is 0 Å². The number of hydrogen-bond donors (Lipinski definition) is 6. The van der Waals surface area contributed by atoms with Gasteiger partial charge in [0.2, 0.25) is 5.91 Å². The van der Waals surface area contributed by atoms with Gasteiger partial charge in [0.1, 0.15) is 24.4 Å². The lowest BCUT2D eigenvalue weighted by molar-refractivity contribution is -0.302. The predicted molar refractivity (Wildman–Crippen MR) is 244 cm³/mol. The molecule has 7 atom stereocenters. The Morgan fingerprint density at radius 3 is 1.56 bits per heavy atom. The number of carbonyl (C=O) groups is 1. The number of allylic oxidation sites excluding steroid dienone is 7. The lowest BCUT2D eigenvalue weighted by Crippen LogP contribution is -2.60. The van der Waals surface area contributed by atoms with Crippen LogP contribution in [0.3, 0.4) is 0 Å². The molecule has 1 fully saturated rings. The molecule has 0 aromatic rings. The number of carbonyl (C=O) groups excluding carboxylic acids is 1. The zero-order valence-corrected chi connectivity index (χ0v) is 37.7. The summed E-state index contributed by atoms with van der Waals surface area (Å²) in [5.74, 6) is -0.195. The number of aliphatic hydroxyl groups is 5. The van der Waals surface area contributed by atoms with Crippen molar-refractivity contribution in [3.05, 3.63) is 48.6 Å². The molecule has 59 heavy (non-hydrogen) atoms. The fraction of sp³-hybridized carbons (Fsp3) is 0.820. The van der Waals surface area contributed by atoms with Crippen molar-refractivity contribution >= 4 is 5.91 Å². The molecule has 1 saturated heterocycles. The van der Waals surface area contributed by atoms with Gasteiger partial charge in [0, 0.05) is 6.42 Å². The molecule has 1 aliphatic heterocycles. The van der Waals surface area contributed by atoms with Crippen LogP contribution in [0.15, 0.2) is 48.6 Å². The maximum absolute atomic E-state index is 13.0. The second-order valence-electron chi connectivity index (χ2n) is 16.9. The van der Waals surface area contributed by atoms with E-state index in [0.717, 1.165) is 77.0 Å². The first kappa shape index (κ1) is 55.2. The van der Waals surface area contributed by atoms with Crippen molar-refractivity contribution in [3.8, 4) is 0 Å². The minimum atomic E-state index is -1.57. The van der Waals surface area contributed by atoms with Crippen molar-refractivity contribution in [2.75, 3.05) is 13.2 Å². The summed E-state index contributed by atoms with van der Waals surface area (Å²) in [7, 11) is 0. The molecule has 1 heterocycles. The molecule has 9 nitrogen and oxygen atoms in total. The predicted octanol–water partition coefficient (Wildman–Crippen LogP) is 10.6. The number of nitrogens with one attached hydrogen (secondary N) is 1. The van der Waals surface area contributed by atoms with Gasteiger partial charge < -0.3 is 40.3 Å². The number of amides is 1. The van der Waals surface area contributed by atoms with Crippen LogP contribution in [-0.2, 0) is 14.3 Å². The Labute approximate surface area is 361 Å². The van der Waals surface area contributed by atoms with E-state index in [1.807, 2.05) is 6.08 Å². The average molecular weight is 834 g/mol. The van der Waals surface area contributed by atoms with E-state index < -0.39 is 49.5 Å². The van der Waals surface area contributed by atoms with Gasteiger partial charge in [-0.3, -0.25) is 4.79 Å². The highest BCUT2D eigenvalue weighted by Gasteiger charge is 2.44. The highest BCUT2D eigenvalue weighted by atomic mass is 16.7. The summed E-state index contributed by atoms with van der Waals surface area (Å²) in [5, 5.41) is 54.3. The van der Waals surface area contributed by atoms with Gasteiger partial charge in [-0.2, -0.15) is 0 Å². The second-order valence-corrected chi connectivity index (χ2v) is 16.9. The lowest BCUT2D eigenvalue weighted by Gasteiger charge is -2.40. The fourth-order valence-electron chi connectivity index (χ4n) is 7.52. The molecule has 0 spiro atoms. The highest BCUT2D eigenvalue weighted by Crippen LogP contribution is 2.23. The van der Waals surface area contributed by atoms with Gasteiger partial charge in [0.25, 0.3) is 0 Å². The van der Waals surface area contributed by atoms with Crippen molar-refractivity contribution < 1.29 is 39.8 Å². The molecule has 1 aliphatic rings. The molecular formula is C50H91NO8. The molecule has 9 heteroatoms. The maximum Gasteiger partial charge on any atom is 0.220 e. The van der Waals surface area contributed by atoms with Crippen LogP contribution in [0.5, 0.6) is 0 Å². The van der Waals surface area contributed by atoms with Crippen molar-refractivity contribution in [2.45, 2.75) is 249 Å². The largest absolute Gasteiger partial charge is 0.394 e. The molecule has 7 unspecified atom stereocenters. The molecule has 344 valence electrons. The maximum atomic E-state index is 13.0. The Bertz CT molecular complexity index is 1060. The van der Waals surface area contributed by atoms with Crippen molar-refractivity contribution in [3.63, 3.8) is 0 Å². The summed E-state index contributed by atoms with van der Waals surface area (Å²) in [6.45, 7) is 3.65. The van der Waals surface area contributed by atoms with Crippen LogP contribution in [0.4, 0.5) is 0 Å². The third kappa shape index (κ3) is 30.8. The van der Waals surface area contributed by atoms with E-state index in [-0.39, 0.29) is 12.5 Å². The van der Waals surface area contributed by atoms with Crippen molar-refractivity contribution in [1.29, 1.82) is 0 Å². The minimum absolute atomic E-state index is 0.195. The summed E-state index contributed by atoms with van der Waals surface area (Å²) in [5.41, 5.74) is 0. The van der Waals surface area contributed by atoms with Crippen molar-refractivity contribution in [1.82, 2.24) is 5.32 Å². The molecule has 0 aliphatic carbocycles. The standard InChI is InChI=1S/C50H91NO8/c1-3-5-7-9-11-13-15-17-19-20-21-22-23-24-26-27-29-31-33-35-37-39-44(53)43(42-58-50-49(57)48(56)47(55)45(41-52)59-50)51-46(54)40-38-36-34-32-30-28-25-18-16-14-12-10-8-6-4-2/h6,8,12,14,18,25,37,39,43-45,47-50,52-53,55-57H,3-5,7,9-11,13,15-17,19-24,26-36,38,40-42H2,1-2H3,(H,51,54)/b8-6-,14-12-,25-18-,39-37+. The molecule has 6 N–H and O–H groups in total. The normalized spacial score (nSPS) is 21.1. The molecular weight excluding hydrogens is 743 g/mol. The summed E-state index contributed by atoms with van der Waals surface area (Å²) in [4.78, 5) is 13.0. The van der Waals surface area contributed by atoms with Gasteiger partial charge in [0.05, 0.1) is 25.4 Å². The van der Waals surface area contributed by atoms with E-state index in [0.29, 0.717) is 6.42 Å². The van der Waals surface area contributed by atoms with Gasteiger partial charge in [0.15, 0.2) is 6.29 Å². The molecule has 0 saturated carbocycles. The summed E-state index contributed by atoms with van der Waals surface area (Å²) >= 11 is 0. The number of ether oxygens (including phenoxy) is 2. The molecule has 0 radical (unpaired) electrons. The Balaban J connectivity index is 2.33. The van der Waals surface area contributed by atoms with E-state index in [2.05, 4.69) is 55.6 Å². The van der Waals surface area contributed by atoms with Crippen LogP contribution in [0.25, 0.3) is 0 Å². The third-order valence-corrected chi connectivity index (χ3v) is 11.4. The van der Waals surface area contributed by atoms with Crippen LogP contribution in [-0.4, -0.2) is 87.5 Å². The SMILES string of the molecule is CC/C=C\C/C=C\C/C=C\CCCCCCCC(=O)NC(COC1OC(CO)C(O)C(O)C1O)C(O)/C=C/CCCCCCCCCCCCCCCCCCCCC. The summed E-state index contributed by atoms with van der Waals surface area (Å²) < 4.78 is 11.2. The number of unbranched alkanes of at least 4 members (excludes halogenated alkanes) is 24. The zero-order chi connectivity index (χ0) is 43.0. The molecule has 0 aromatic carbocycles. The number of rotatable bonds is 40. The van der Waals surface area contributed by atoms with Crippen LogP contribution in [0, 0.1) is 0 Å². The van der Waals surface area contributed by atoms with Gasteiger partial charge in [-0.1, -0.05) is 197 Å². The number of hydrogen-bond acceptors (Lipinski definition) is 8. The second kappa shape index (κ2) is 40.2. The van der Waals surface area contributed by atoms with E-state index in [9.17, 15) is 30.3 Å². The van der Waals surface area contributed by atoms with E-state index in [4.69, 9.17) is 9.47 Å². The summed E-state index contributed by atoms with van der Waals surface area (Å²) in [6, 6.07) is -0.814. The van der Waals surface area contributed by atoms with Crippen LogP contribution in [0.2, 0.25) is 0 Å². The van der Waals surface area contributed by atoms with E-state index in [1.165, 1.54) is 109 Å². The third-order valence-electron chi connectivity index (χ3n) is 11.4. The van der Waals surface area contributed by atoms with Crippen LogP contribution in [0.1, 0.15) is 206 Å².